The van der Waals surface area contributed by atoms with Crippen LogP contribution in [-0.2, 0) is 4.79 Å². The molecule has 6 rings (SSSR count). The number of rotatable bonds is 6. The molecule has 0 radical (unpaired) electrons. The zero-order valence-corrected chi connectivity index (χ0v) is 24.6. The fourth-order valence-electron chi connectivity index (χ4n) is 6.30. The molecular weight excluding hydrogens is 524 g/mol. The quantitative estimate of drug-likeness (QED) is 0.279. The molecule has 7 nitrogen and oxygen atoms in total. The number of benzene rings is 3. The number of piperazine rings is 1. The predicted octanol–water partition coefficient (Wildman–Crippen LogP) is 6.23. The van der Waals surface area contributed by atoms with Gasteiger partial charge in [-0.3, -0.25) is 14.5 Å². The molecule has 4 aromatic rings. The van der Waals surface area contributed by atoms with Gasteiger partial charge in [0.2, 0.25) is 5.91 Å². The largest absolute Gasteiger partial charge is 0.459 e. The molecule has 42 heavy (non-hydrogen) atoms. The number of carbonyl (C=O) groups is 2. The van der Waals surface area contributed by atoms with E-state index in [1.165, 1.54) is 12.0 Å². The van der Waals surface area contributed by atoms with Gasteiger partial charge in [-0.2, -0.15) is 0 Å². The Kier molecular flexibility index (Phi) is 7.85. The number of hydrogen-bond donors (Lipinski definition) is 0. The Balaban J connectivity index is 1.30. The number of para-hydroxylation sites is 1. The zero-order chi connectivity index (χ0) is 29.2. The number of nitrogens with zero attached hydrogens (tertiary/aromatic N) is 4. The molecule has 0 spiro atoms. The van der Waals surface area contributed by atoms with Gasteiger partial charge < -0.3 is 19.1 Å². The number of furan rings is 1. The van der Waals surface area contributed by atoms with Gasteiger partial charge in [0.15, 0.2) is 5.76 Å². The lowest BCUT2D eigenvalue weighted by atomic mass is 9.88. The molecule has 1 aromatic heterocycles. The summed E-state index contributed by atoms with van der Waals surface area (Å²) in [7, 11) is 0. The lowest BCUT2D eigenvalue weighted by Gasteiger charge is -2.44. The van der Waals surface area contributed by atoms with Gasteiger partial charge in [0.25, 0.3) is 5.91 Å². The third kappa shape index (κ3) is 5.57. The van der Waals surface area contributed by atoms with Gasteiger partial charge in [-0.15, -0.1) is 0 Å². The minimum Gasteiger partial charge on any atom is -0.459 e. The van der Waals surface area contributed by atoms with Crippen molar-refractivity contribution in [3.05, 3.63) is 114 Å². The van der Waals surface area contributed by atoms with Crippen LogP contribution in [0.25, 0.3) is 0 Å². The van der Waals surface area contributed by atoms with Crippen LogP contribution < -0.4 is 14.7 Å². The summed E-state index contributed by atoms with van der Waals surface area (Å²) >= 11 is 0. The Morgan fingerprint density at radius 2 is 1.57 bits per heavy atom. The molecule has 1 fully saturated rings. The van der Waals surface area contributed by atoms with E-state index >= 15 is 0 Å². The number of carbonyl (C=O) groups excluding carboxylic acids is 2. The van der Waals surface area contributed by atoms with E-state index in [1.807, 2.05) is 40.1 Å². The molecule has 2 atom stereocenters. The Labute approximate surface area is 247 Å². The molecule has 2 aliphatic rings. The molecule has 216 valence electrons. The van der Waals surface area contributed by atoms with Crippen molar-refractivity contribution in [2.24, 2.45) is 0 Å². The van der Waals surface area contributed by atoms with Crippen LogP contribution in [0.4, 0.5) is 17.1 Å². The molecule has 2 amide bonds. The highest BCUT2D eigenvalue weighted by molar-refractivity contribution is 6.06. The van der Waals surface area contributed by atoms with E-state index in [0.717, 1.165) is 54.2 Å². The number of hydrogen-bond acceptors (Lipinski definition) is 5. The first-order valence-corrected chi connectivity index (χ1v) is 14.8. The van der Waals surface area contributed by atoms with Crippen molar-refractivity contribution < 1.29 is 14.0 Å². The summed E-state index contributed by atoms with van der Waals surface area (Å²) in [6.45, 7) is 9.92. The van der Waals surface area contributed by atoms with Crippen LogP contribution in [-0.4, -0.2) is 55.5 Å². The van der Waals surface area contributed by atoms with E-state index in [1.54, 1.807) is 12.1 Å². The Morgan fingerprint density at radius 3 is 2.26 bits per heavy atom. The van der Waals surface area contributed by atoms with Crippen molar-refractivity contribution in [1.29, 1.82) is 0 Å². The van der Waals surface area contributed by atoms with Gasteiger partial charge in [-0.05, 0) is 75.2 Å². The van der Waals surface area contributed by atoms with E-state index in [0.29, 0.717) is 18.7 Å². The van der Waals surface area contributed by atoms with Crippen molar-refractivity contribution in [3.8, 4) is 0 Å². The second-order valence-electron chi connectivity index (χ2n) is 11.5. The molecular formula is C35H38N4O3. The standard InChI is InChI=1S/C35H38N4O3/c1-25-11-14-29(15-12-25)39(34(40)24-36-17-19-37(20-18-36)28-8-5-4-6-9-28)32-23-27(3)38(35(41)33-10-7-21-42-33)31-16-13-26(2)22-30(31)32/h4-16,21-22,27,32H,17-20,23-24H2,1-3H3/t27-,32-/m1/s1. The third-order valence-corrected chi connectivity index (χ3v) is 8.50. The summed E-state index contributed by atoms with van der Waals surface area (Å²) in [6.07, 6.45) is 2.14. The minimum absolute atomic E-state index is 0.0717. The second-order valence-corrected chi connectivity index (χ2v) is 11.5. The fourth-order valence-corrected chi connectivity index (χ4v) is 6.30. The summed E-state index contributed by atoms with van der Waals surface area (Å²) in [4.78, 5) is 36.3. The smallest absolute Gasteiger partial charge is 0.294 e. The van der Waals surface area contributed by atoms with Gasteiger partial charge >= 0.3 is 0 Å². The monoisotopic (exact) mass is 562 g/mol. The number of fused-ring (bicyclic) bond motifs is 1. The number of anilines is 3. The van der Waals surface area contributed by atoms with Crippen LogP contribution in [0.3, 0.4) is 0 Å². The maximum atomic E-state index is 14.3. The normalized spacial score (nSPS) is 18.9. The molecule has 0 bridgehead atoms. The molecule has 0 unspecified atom stereocenters. The summed E-state index contributed by atoms with van der Waals surface area (Å²) in [5.41, 5.74) is 6.15. The number of aryl methyl sites for hydroxylation is 2. The van der Waals surface area contributed by atoms with E-state index < -0.39 is 0 Å². The van der Waals surface area contributed by atoms with Gasteiger partial charge in [-0.25, -0.2) is 0 Å². The van der Waals surface area contributed by atoms with Gasteiger partial charge in [0.05, 0.1) is 18.8 Å². The van der Waals surface area contributed by atoms with E-state index in [-0.39, 0.29) is 23.9 Å². The van der Waals surface area contributed by atoms with Crippen LogP contribution >= 0.6 is 0 Å². The molecule has 2 aliphatic heterocycles. The van der Waals surface area contributed by atoms with Gasteiger partial charge in [0, 0.05) is 49.3 Å². The molecule has 7 heteroatoms. The second kappa shape index (κ2) is 11.9. The molecule has 3 heterocycles. The van der Waals surface area contributed by atoms with Crippen molar-refractivity contribution in [1.82, 2.24) is 4.90 Å². The Morgan fingerprint density at radius 1 is 0.857 bits per heavy atom. The average Bonchev–Trinajstić information content (AvgIpc) is 3.55. The van der Waals surface area contributed by atoms with Gasteiger partial charge in [0.1, 0.15) is 0 Å². The average molecular weight is 563 g/mol. The highest BCUT2D eigenvalue weighted by atomic mass is 16.3. The molecule has 0 saturated carbocycles. The highest BCUT2D eigenvalue weighted by Gasteiger charge is 2.40. The lowest BCUT2D eigenvalue weighted by molar-refractivity contribution is -0.120. The van der Waals surface area contributed by atoms with Gasteiger partial charge in [-0.1, -0.05) is 53.6 Å². The zero-order valence-electron chi connectivity index (χ0n) is 24.6. The van der Waals surface area contributed by atoms with Crippen molar-refractivity contribution in [2.75, 3.05) is 47.4 Å². The summed E-state index contributed by atoms with van der Waals surface area (Å²) in [5.74, 6) is 0.218. The molecule has 0 aliphatic carbocycles. The summed E-state index contributed by atoms with van der Waals surface area (Å²) in [5, 5.41) is 0. The number of amides is 2. The first kappa shape index (κ1) is 27.8. The fraction of sp³-hybridized carbons (Fsp3) is 0.314. The molecule has 1 saturated heterocycles. The lowest BCUT2D eigenvalue weighted by Crippen LogP contribution is -2.52. The maximum absolute atomic E-state index is 14.3. The van der Waals surface area contributed by atoms with Crippen molar-refractivity contribution in [3.63, 3.8) is 0 Å². The highest BCUT2D eigenvalue weighted by Crippen LogP contribution is 2.43. The first-order valence-electron chi connectivity index (χ1n) is 14.8. The first-order chi connectivity index (χ1) is 20.4. The topological polar surface area (TPSA) is 60.2 Å². The third-order valence-electron chi connectivity index (χ3n) is 8.50. The summed E-state index contributed by atoms with van der Waals surface area (Å²) in [6, 6.07) is 27.9. The van der Waals surface area contributed by atoms with Crippen LogP contribution in [0.15, 0.2) is 95.6 Å². The summed E-state index contributed by atoms with van der Waals surface area (Å²) < 4.78 is 5.48. The van der Waals surface area contributed by atoms with E-state index in [4.69, 9.17) is 4.42 Å². The van der Waals surface area contributed by atoms with E-state index in [2.05, 4.69) is 73.0 Å². The molecule has 0 N–H and O–H groups in total. The Bertz CT molecular complexity index is 1530. The maximum Gasteiger partial charge on any atom is 0.294 e. The predicted molar refractivity (Wildman–Crippen MR) is 167 cm³/mol. The SMILES string of the molecule is Cc1ccc(N(C(=O)CN2CCN(c3ccccc3)CC2)[C@@H]2C[C@@H](C)N(C(=O)c3ccco3)c3ccc(C)cc32)cc1. The van der Waals surface area contributed by atoms with Crippen molar-refractivity contribution >= 4 is 28.9 Å². The van der Waals surface area contributed by atoms with Crippen LogP contribution in [0.5, 0.6) is 0 Å². The minimum atomic E-state index is -0.212. The van der Waals surface area contributed by atoms with E-state index in [9.17, 15) is 9.59 Å². The molecule has 3 aromatic carbocycles. The van der Waals surface area contributed by atoms with Crippen molar-refractivity contribution in [2.45, 2.75) is 39.3 Å². The van der Waals surface area contributed by atoms with Crippen LogP contribution in [0, 0.1) is 13.8 Å². The Hall–Kier alpha value is -4.36. The van der Waals surface area contributed by atoms with Crippen LogP contribution in [0.2, 0.25) is 0 Å². The van der Waals surface area contributed by atoms with Crippen LogP contribution in [0.1, 0.15) is 46.6 Å².